The van der Waals surface area contributed by atoms with Gasteiger partial charge in [0, 0.05) is 5.75 Å². The molecular formula is C16H14Cl2N2OS. The Morgan fingerprint density at radius 3 is 2.64 bits per heavy atom. The molecule has 0 aromatic heterocycles. The van der Waals surface area contributed by atoms with Crippen LogP contribution in [0.25, 0.3) is 0 Å². The van der Waals surface area contributed by atoms with E-state index < -0.39 is 0 Å². The quantitative estimate of drug-likeness (QED) is 0.619. The predicted octanol–water partition coefficient (Wildman–Crippen LogP) is 4.38. The largest absolute Gasteiger partial charge is 0.272 e. The van der Waals surface area contributed by atoms with Crippen molar-refractivity contribution < 1.29 is 4.79 Å². The van der Waals surface area contributed by atoms with Crippen LogP contribution in [0.5, 0.6) is 0 Å². The minimum Gasteiger partial charge on any atom is -0.272 e. The van der Waals surface area contributed by atoms with Crippen LogP contribution in [-0.4, -0.2) is 17.9 Å². The van der Waals surface area contributed by atoms with Crippen molar-refractivity contribution in [1.82, 2.24) is 5.43 Å². The van der Waals surface area contributed by atoms with E-state index in [0.29, 0.717) is 15.8 Å². The highest BCUT2D eigenvalue weighted by Crippen LogP contribution is 2.21. The van der Waals surface area contributed by atoms with E-state index in [1.165, 1.54) is 11.8 Å². The van der Waals surface area contributed by atoms with Gasteiger partial charge in [-0.3, -0.25) is 4.79 Å². The molecule has 1 N–H and O–H groups in total. The summed E-state index contributed by atoms with van der Waals surface area (Å²) in [5, 5.41) is 4.84. The van der Waals surface area contributed by atoms with Crippen molar-refractivity contribution >= 4 is 47.1 Å². The van der Waals surface area contributed by atoms with Gasteiger partial charge in [0.15, 0.2) is 0 Å². The zero-order valence-corrected chi connectivity index (χ0v) is 14.0. The van der Waals surface area contributed by atoms with Gasteiger partial charge in [0.25, 0.3) is 0 Å². The number of hydrogen-bond acceptors (Lipinski definition) is 3. The van der Waals surface area contributed by atoms with Crippen LogP contribution in [0.4, 0.5) is 0 Å². The normalized spacial score (nSPS) is 10.8. The summed E-state index contributed by atoms with van der Waals surface area (Å²) in [5.41, 5.74) is 4.45. The Morgan fingerprint density at radius 2 is 1.91 bits per heavy atom. The molecule has 2 rings (SSSR count). The third-order valence-electron chi connectivity index (χ3n) is 2.69. The van der Waals surface area contributed by atoms with Crippen LogP contribution in [0.3, 0.4) is 0 Å². The van der Waals surface area contributed by atoms with Gasteiger partial charge in [-0.15, -0.1) is 11.8 Å². The van der Waals surface area contributed by atoms with Crippen LogP contribution >= 0.6 is 35.0 Å². The molecule has 0 aliphatic rings. The second-order valence-corrected chi connectivity index (χ2v) is 6.25. The Bertz CT molecular complexity index is 662. The zero-order chi connectivity index (χ0) is 15.8. The molecule has 6 heteroatoms. The number of amides is 1. The average Bonchev–Trinajstić information content (AvgIpc) is 2.52. The van der Waals surface area contributed by atoms with Crippen LogP contribution < -0.4 is 5.43 Å². The Labute approximate surface area is 143 Å². The average molecular weight is 353 g/mol. The lowest BCUT2D eigenvalue weighted by Crippen LogP contribution is -2.19. The summed E-state index contributed by atoms with van der Waals surface area (Å²) in [7, 11) is 0. The van der Waals surface area contributed by atoms with Gasteiger partial charge in [0.05, 0.1) is 22.0 Å². The molecule has 0 radical (unpaired) electrons. The van der Waals surface area contributed by atoms with Crippen LogP contribution in [0.1, 0.15) is 11.1 Å². The molecule has 0 saturated heterocycles. The summed E-state index contributed by atoms with van der Waals surface area (Å²) < 4.78 is 0. The van der Waals surface area contributed by atoms with Crippen LogP contribution in [0, 0.1) is 0 Å². The van der Waals surface area contributed by atoms with Crippen molar-refractivity contribution in [3.8, 4) is 0 Å². The Balaban J connectivity index is 1.73. The van der Waals surface area contributed by atoms with Gasteiger partial charge in [-0.05, 0) is 23.3 Å². The highest BCUT2D eigenvalue weighted by molar-refractivity contribution is 7.99. The highest BCUT2D eigenvalue weighted by Gasteiger charge is 2.01. The first-order valence-electron chi connectivity index (χ1n) is 6.54. The number of halogens is 2. The smallest absolute Gasteiger partial charge is 0.250 e. The van der Waals surface area contributed by atoms with Crippen LogP contribution in [0.2, 0.25) is 10.0 Å². The van der Waals surface area contributed by atoms with E-state index in [-0.39, 0.29) is 5.91 Å². The third-order valence-corrected chi connectivity index (χ3v) is 4.43. The summed E-state index contributed by atoms with van der Waals surface area (Å²) in [4.78, 5) is 11.7. The Kier molecular flexibility index (Phi) is 6.77. The van der Waals surface area contributed by atoms with E-state index in [9.17, 15) is 4.79 Å². The molecule has 3 nitrogen and oxygen atoms in total. The molecule has 0 atom stereocenters. The second kappa shape index (κ2) is 8.83. The maximum Gasteiger partial charge on any atom is 0.250 e. The molecule has 0 saturated carbocycles. The lowest BCUT2D eigenvalue weighted by Gasteiger charge is -2.01. The molecule has 0 aliphatic heterocycles. The molecule has 0 unspecified atom stereocenters. The fraction of sp³-hybridized carbons (Fsp3) is 0.125. The van der Waals surface area contributed by atoms with Crippen molar-refractivity contribution in [3.63, 3.8) is 0 Å². The SMILES string of the molecule is O=C(CSCc1ccccc1)N/N=C\c1ccc(Cl)c(Cl)c1. The lowest BCUT2D eigenvalue weighted by molar-refractivity contribution is -0.118. The van der Waals surface area contributed by atoms with E-state index in [0.717, 1.165) is 11.3 Å². The maximum atomic E-state index is 11.7. The monoisotopic (exact) mass is 352 g/mol. The summed E-state index contributed by atoms with van der Waals surface area (Å²) >= 11 is 13.3. The van der Waals surface area contributed by atoms with Crippen molar-refractivity contribution in [2.75, 3.05) is 5.75 Å². The maximum absolute atomic E-state index is 11.7. The molecule has 1 amide bonds. The number of hydrazone groups is 1. The van der Waals surface area contributed by atoms with E-state index in [4.69, 9.17) is 23.2 Å². The first-order valence-corrected chi connectivity index (χ1v) is 8.45. The van der Waals surface area contributed by atoms with Crippen molar-refractivity contribution in [2.24, 2.45) is 5.10 Å². The van der Waals surface area contributed by atoms with Gasteiger partial charge in [-0.25, -0.2) is 5.43 Å². The van der Waals surface area contributed by atoms with Gasteiger partial charge in [0.2, 0.25) is 5.91 Å². The summed E-state index contributed by atoms with van der Waals surface area (Å²) in [6.07, 6.45) is 1.53. The number of carbonyl (C=O) groups excluding carboxylic acids is 1. The molecule has 2 aromatic rings. The third kappa shape index (κ3) is 5.72. The molecule has 0 aliphatic carbocycles. The van der Waals surface area contributed by atoms with Crippen molar-refractivity contribution in [3.05, 3.63) is 69.7 Å². The molecule has 0 heterocycles. The van der Waals surface area contributed by atoms with E-state index >= 15 is 0 Å². The lowest BCUT2D eigenvalue weighted by atomic mass is 10.2. The standard InChI is InChI=1S/C16H14Cl2N2OS/c17-14-7-6-13(8-15(14)18)9-19-20-16(21)11-22-10-12-4-2-1-3-5-12/h1-9H,10-11H2,(H,20,21)/b19-9-. The van der Waals surface area contributed by atoms with Crippen molar-refractivity contribution in [1.29, 1.82) is 0 Å². The molecule has 0 bridgehead atoms. The minimum absolute atomic E-state index is 0.141. The first kappa shape index (κ1) is 16.9. The number of carbonyl (C=O) groups is 1. The number of thioether (sulfide) groups is 1. The first-order chi connectivity index (χ1) is 10.6. The predicted molar refractivity (Wildman–Crippen MR) is 94.8 cm³/mol. The molecule has 22 heavy (non-hydrogen) atoms. The van der Waals surface area contributed by atoms with Gasteiger partial charge < -0.3 is 0 Å². The van der Waals surface area contributed by atoms with Crippen molar-refractivity contribution in [2.45, 2.75) is 5.75 Å². The summed E-state index contributed by atoms with van der Waals surface area (Å²) in [6, 6.07) is 15.1. The number of nitrogens with zero attached hydrogens (tertiary/aromatic N) is 1. The minimum atomic E-state index is -0.141. The van der Waals surface area contributed by atoms with Crippen LogP contribution in [-0.2, 0) is 10.5 Å². The number of hydrogen-bond donors (Lipinski definition) is 1. The number of benzene rings is 2. The molecule has 0 fully saturated rings. The topological polar surface area (TPSA) is 41.5 Å². The Morgan fingerprint density at radius 1 is 1.14 bits per heavy atom. The summed E-state index contributed by atoms with van der Waals surface area (Å²) in [6.45, 7) is 0. The van der Waals surface area contributed by atoms with Gasteiger partial charge in [-0.2, -0.15) is 5.10 Å². The molecule has 2 aromatic carbocycles. The molecule has 114 valence electrons. The number of rotatable bonds is 6. The van der Waals surface area contributed by atoms with Gasteiger partial charge >= 0.3 is 0 Å². The fourth-order valence-corrected chi connectivity index (χ4v) is 2.73. The van der Waals surface area contributed by atoms with E-state index in [2.05, 4.69) is 10.5 Å². The molecule has 0 spiro atoms. The second-order valence-electron chi connectivity index (χ2n) is 4.45. The van der Waals surface area contributed by atoms with Gasteiger partial charge in [-0.1, -0.05) is 59.6 Å². The number of nitrogens with one attached hydrogen (secondary N) is 1. The Hall–Kier alpha value is -1.49. The van der Waals surface area contributed by atoms with E-state index in [1.54, 1.807) is 30.0 Å². The van der Waals surface area contributed by atoms with Crippen LogP contribution in [0.15, 0.2) is 53.6 Å². The fourth-order valence-electron chi connectivity index (χ4n) is 1.64. The highest BCUT2D eigenvalue weighted by atomic mass is 35.5. The zero-order valence-electron chi connectivity index (χ0n) is 11.6. The molecular weight excluding hydrogens is 339 g/mol. The summed E-state index contributed by atoms with van der Waals surface area (Å²) in [5.74, 6) is 1.01. The van der Waals surface area contributed by atoms with E-state index in [1.807, 2.05) is 30.3 Å². The van der Waals surface area contributed by atoms with Gasteiger partial charge in [0.1, 0.15) is 0 Å².